The third kappa shape index (κ3) is 5.15. The summed E-state index contributed by atoms with van der Waals surface area (Å²) in [5, 5.41) is 7.07. The second-order valence-electron chi connectivity index (χ2n) is 8.69. The minimum absolute atomic E-state index is 0.0668. The summed E-state index contributed by atoms with van der Waals surface area (Å²) in [7, 11) is -3.79. The molecule has 0 atom stereocenters. The van der Waals surface area contributed by atoms with Crippen molar-refractivity contribution in [2.24, 2.45) is 5.92 Å². The van der Waals surface area contributed by atoms with E-state index in [1.165, 1.54) is 17.1 Å². The highest BCUT2D eigenvalue weighted by atomic mass is 32.2. The third-order valence-electron chi connectivity index (χ3n) is 6.40. The Morgan fingerprint density at radius 1 is 1.12 bits per heavy atom. The number of amides is 1. The van der Waals surface area contributed by atoms with Crippen LogP contribution in [0, 0.1) is 12.8 Å². The molecule has 0 radical (unpaired) electrons. The van der Waals surface area contributed by atoms with E-state index in [9.17, 15) is 13.2 Å². The molecule has 2 aliphatic rings. The average Bonchev–Trinajstić information content (AvgIpc) is 3.36. The van der Waals surface area contributed by atoms with Gasteiger partial charge in [-0.1, -0.05) is 30.8 Å². The Bertz CT molecular complexity index is 1030. The van der Waals surface area contributed by atoms with Crippen molar-refractivity contribution in [3.63, 3.8) is 0 Å². The molecule has 0 bridgehead atoms. The number of furan rings is 1. The smallest absolute Gasteiger partial charge is 0.248 e. The standard InChI is InChI=1S/C23H31N3O5S/c1-17-22(21(31-25-17)11-10-20-9-6-16-30-20)32(28,29)26-14-12-18(13-15-26)23(27)24-19-7-4-2-3-5-8-19/h6,9-11,16,18-19H,2-5,7-8,12-15H2,1H3,(H,24,27)/b11-10+. The van der Waals surface area contributed by atoms with Gasteiger partial charge in [0.1, 0.15) is 11.5 Å². The van der Waals surface area contributed by atoms with Crippen LogP contribution in [0.1, 0.15) is 68.6 Å². The first kappa shape index (κ1) is 22.8. The van der Waals surface area contributed by atoms with Gasteiger partial charge in [-0.25, -0.2) is 8.42 Å². The van der Waals surface area contributed by atoms with Crippen molar-refractivity contribution in [1.29, 1.82) is 0 Å². The van der Waals surface area contributed by atoms with Gasteiger partial charge in [-0.15, -0.1) is 0 Å². The van der Waals surface area contributed by atoms with Crippen molar-refractivity contribution in [3.05, 3.63) is 35.6 Å². The predicted octanol–water partition coefficient (Wildman–Crippen LogP) is 3.99. The second-order valence-corrected chi connectivity index (χ2v) is 10.6. The highest BCUT2D eigenvalue weighted by Crippen LogP contribution is 2.29. The number of aryl methyl sites for hydroxylation is 1. The lowest BCUT2D eigenvalue weighted by Crippen LogP contribution is -2.45. The Morgan fingerprint density at radius 2 is 1.84 bits per heavy atom. The number of nitrogens with one attached hydrogen (secondary N) is 1. The Morgan fingerprint density at radius 3 is 2.50 bits per heavy atom. The van der Waals surface area contributed by atoms with Gasteiger partial charge < -0.3 is 14.3 Å². The molecule has 3 heterocycles. The van der Waals surface area contributed by atoms with Gasteiger partial charge in [0.15, 0.2) is 10.7 Å². The number of nitrogens with zero attached hydrogens (tertiary/aromatic N) is 2. The van der Waals surface area contributed by atoms with Crippen LogP contribution in [0.25, 0.3) is 12.2 Å². The zero-order valence-electron chi connectivity index (χ0n) is 18.5. The van der Waals surface area contributed by atoms with E-state index in [2.05, 4.69) is 10.5 Å². The molecule has 1 amide bonds. The topological polar surface area (TPSA) is 106 Å². The normalized spacial score (nSPS) is 19.9. The number of rotatable bonds is 6. The van der Waals surface area contributed by atoms with Gasteiger partial charge in [0.25, 0.3) is 0 Å². The van der Waals surface area contributed by atoms with Crippen LogP contribution in [0.3, 0.4) is 0 Å². The molecule has 4 rings (SSSR count). The molecule has 9 heteroatoms. The molecule has 1 aliphatic heterocycles. The second kappa shape index (κ2) is 10.0. The number of hydrogen-bond acceptors (Lipinski definition) is 6. The number of carbonyl (C=O) groups is 1. The Labute approximate surface area is 189 Å². The van der Waals surface area contributed by atoms with E-state index in [-0.39, 0.29) is 28.5 Å². The SMILES string of the molecule is Cc1noc(/C=C/c2ccco2)c1S(=O)(=O)N1CCC(C(=O)NC2CCCCCC2)CC1. The fourth-order valence-corrected chi connectivity index (χ4v) is 6.29. The first-order chi connectivity index (χ1) is 15.4. The maximum absolute atomic E-state index is 13.4. The molecule has 32 heavy (non-hydrogen) atoms. The van der Waals surface area contributed by atoms with Crippen LogP contribution < -0.4 is 5.32 Å². The zero-order chi connectivity index (χ0) is 22.6. The molecule has 174 valence electrons. The third-order valence-corrected chi connectivity index (χ3v) is 8.46. The quantitative estimate of drug-likeness (QED) is 0.652. The van der Waals surface area contributed by atoms with Crippen molar-refractivity contribution in [2.45, 2.75) is 69.2 Å². The molecule has 1 N–H and O–H groups in total. The molecule has 2 aromatic heterocycles. The maximum atomic E-state index is 13.4. The highest BCUT2D eigenvalue weighted by molar-refractivity contribution is 7.89. The largest absolute Gasteiger partial charge is 0.465 e. The highest BCUT2D eigenvalue weighted by Gasteiger charge is 2.36. The number of aromatic nitrogens is 1. The minimum Gasteiger partial charge on any atom is -0.465 e. The first-order valence-electron chi connectivity index (χ1n) is 11.4. The monoisotopic (exact) mass is 461 g/mol. The summed E-state index contributed by atoms with van der Waals surface area (Å²) in [6.45, 7) is 2.22. The molecule has 0 unspecified atom stereocenters. The van der Waals surface area contributed by atoms with E-state index < -0.39 is 10.0 Å². The Balaban J connectivity index is 1.40. The molecular weight excluding hydrogens is 430 g/mol. The van der Waals surface area contributed by atoms with Crippen molar-refractivity contribution in [2.75, 3.05) is 13.1 Å². The fraction of sp³-hybridized carbons (Fsp3) is 0.565. The van der Waals surface area contributed by atoms with Crippen molar-refractivity contribution in [1.82, 2.24) is 14.8 Å². The van der Waals surface area contributed by atoms with Crippen LogP contribution in [-0.4, -0.2) is 42.9 Å². The molecule has 0 spiro atoms. The molecule has 1 saturated carbocycles. The van der Waals surface area contributed by atoms with Crippen LogP contribution in [0.15, 0.2) is 32.2 Å². The molecule has 1 aliphatic carbocycles. The first-order valence-corrected chi connectivity index (χ1v) is 12.9. The fourth-order valence-electron chi connectivity index (χ4n) is 4.57. The van der Waals surface area contributed by atoms with E-state index in [4.69, 9.17) is 8.94 Å². The van der Waals surface area contributed by atoms with Gasteiger partial charge in [0.2, 0.25) is 15.9 Å². The van der Waals surface area contributed by atoms with Crippen molar-refractivity contribution in [3.8, 4) is 0 Å². The number of piperidine rings is 1. The molecular formula is C23H31N3O5S. The summed E-state index contributed by atoms with van der Waals surface area (Å²) in [4.78, 5) is 12.8. The lowest BCUT2D eigenvalue weighted by atomic mass is 9.96. The van der Waals surface area contributed by atoms with E-state index in [0.717, 1.165) is 25.7 Å². The Hall–Kier alpha value is -2.39. The molecule has 0 aromatic carbocycles. The van der Waals surface area contributed by atoms with E-state index in [1.807, 2.05) is 0 Å². The van der Waals surface area contributed by atoms with Crippen LogP contribution in [0.5, 0.6) is 0 Å². The van der Waals surface area contributed by atoms with Gasteiger partial charge in [-0.05, 0) is 56.9 Å². The number of hydrogen-bond donors (Lipinski definition) is 1. The molecule has 8 nitrogen and oxygen atoms in total. The maximum Gasteiger partial charge on any atom is 0.248 e. The van der Waals surface area contributed by atoms with E-state index in [1.54, 1.807) is 37.5 Å². The minimum atomic E-state index is -3.79. The lowest BCUT2D eigenvalue weighted by Gasteiger charge is -2.31. The molecule has 1 saturated heterocycles. The summed E-state index contributed by atoms with van der Waals surface area (Å²) < 4.78 is 38.7. The molecule has 2 aromatic rings. The predicted molar refractivity (Wildman–Crippen MR) is 120 cm³/mol. The average molecular weight is 462 g/mol. The summed E-state index contributed by atoms with van der Waals surface area (Å²) >= 11 is 0. The summed E-state index contributed by atoms with van der Waals surface area (Å²) in [6.07, 6.45) is 12.7. The van der Waals surface area contributed by atoms with Gasteiger partial charge >= 0.3 is 0 Å². The summed E-state index contributed by atoms with van der Waals surface area (Å²) in [6, 6.07) is 3.77. The van der Waals surface area contributed by atoms with Gasteiger partial charge in [0, 0.05) is 25.0 Å². The van der Waals surface area contributed by atoms with Crippen molar-refractivity contribution >= 4 is 28.1 Å². The van der Waals surface area contributed by atoms with Crippen LogP contribution >= 0.6 is 0 Å². The van der Waals surface area contributed by atoms with Gasteiger partial charge in [-0.3, -0.25) is 4.79 Å². The number of sulfonamides is 1. The van der Waals surface area contributed by atoms with Crippen molar-refractivity contribution < 1.29 is 22.2 Å². The van der Waals surface area contributed by atoms with Gasteiger partial charge in [-0.2, -0.15) is 4.31 Å². The molecule has 2 fully saturated rings. The van der Waals surface area contributed by atoms with E-state index in [0.29, 0.717) is 37.4 Å². The van der Waals surface area contributed by atoms with Crippen LogP contribution in [-0.2, 0) is 14.8 Å². The van der Waals surface area contributed by atoms with E-state index >= 15 is 0 Å². The lowest BCUT2D eigenvalue weighted by molar-refractivity contribution is -0.126. The van der Waals surface area contributed by atoms with Crippen LogP contribution in [0.2, 0.25) is 0 Å². The van der Waals surface area contributed by atoms with Gasteiger partial charge in [0.05, 0.1) is 6.26 Å². The summed E-state index contributed by atoms with van der Waals surface area (Å²) in [5.41, 5.74) is 0.317. The van der Waals surface area contributed by atoms with Crippen LogP contribution in [0.4, 0.5) is 0 Å². The zero-order valence-corrected chi connectivity index (χ0v) is 19.3. The number of carbonyl (C=O) groups excluding carboxylic acids is 1. The summed E-state index contributed by atoms with van der Waals surface area (Å²) in [5.74, 6) is 0.679. The Kier molecular flexibility index (Phi) is 7.15.